The molecule has 0 aromatic heterocycles. The smallest absolute Gasteiger partial charge is 0.219 e. The van der Waals surface area contributed by atoms with Crippen LogP contribution < -0.4 is 15.0 Å². The summed E-state index contributed by atoms with van der Waals surface area (Å²) in [5.41, 5.74) is 1.18. The molecule has 128 valence electrons. The van der Waals surface area contributed by atoms with Gasteiger partial charge in [-0.15, -0.1) is 0 Å². The van der Waals surface area contributed by atoms with Crippen molar-refractivity contribution in [3.8, 4) is 5.75 Å². The van der Waals surface area contributed by atoms with E-state index in [1.807, 2.05) is 19.1 Å². The van der Waals surface area contributed by atoms with Crippen LogP contribution in [0.4, 0.5) is 5.69 Å². The SMILES string of the molecule is CCCC(=O)NCCCN1CCN(c2ccccc2OC)CC1. The topological polar surface area (TPSA) is 44.8 Å². The number of rotatable bonds is 8. The molecule has 0 bridgehead atoms. The fraction of sp³-hybridized carbons (Fsp3) is 0.611. The molecule has 0 unspecified atom stereocenters. The molecule has 1 amide bonds. The van der Waals surface area contributed by atoms with E-state index in [1.165, 1.54) is 5.69 Å². The highest BCUT2D eigenvalue weighted by Gasteiger charge is 2.18. The van der Waals surface area contributed by atoms with E-state index in [4.69, 9.17) is 4.74 Å². The van der Waals surface area contributed by atoms with Crippen LogP contribution in [0.1, 0.15) is 26.2 Å². The van der Waals surface area contributed by atoms with Gasteiger partial charge in [0.25, 0.3) is 0 Å². The average Bonchev–Trinajstić information content (AvgIpc) is 2.59. The Bertz CT molecular complexity index is 485. The Balaban J connectivity index is 1.69. The number of anilines is 1. The average molecular weight is 319 g/mol. The van der Waals surface area contributed by atoms with Gasteiger partial charge in [-0.25, -0.2) is 0 Å². The van der Waals surface area contributed by atoms with Crippen molar-refractivity contribution in [1.29, 1.82) is 0 Å². The lowest BCUT2D eigenvalue weighted by molar-refractivity contribution is -0.121. The summed E-state index contributed by atoms with van der Waals surface area (Å²) in [5.74, 6) is 1.12. The highest BCUT2D eigenvalue weighted by Crippen LogP contribution is 2.28. The molecule has 2 rings (SSSR count). The van der Waals surface area contributed by atoms with E-state index in [-0.39, 0.29) is 5.91 Å². The predicted octanol–water partition coefficient (Wildman–Crippen LogP) is 2.12. The first-order valence-corrected chi connectivity index (χ1v) is 8.61. The molecular formula is C18H29N3O2. The summed E-state index contributed by atoms with van der Waals surface area (Å²) in [7, 11) is 1.72. The van der Waals surface area contributed by atoms with Crippen molar-refractivity contribution in [3.63, 3.8) is 0 Å². The fourth-order valence-corrected chi connectivity index (χ4v) is 2.95. The van der Waals surface area contributed by atoms with Gasteiger partial charge in [0.1, 0.15) is 5.75 Å². The molecule has 1 N–H and O–H groups in total. The molecule has 1 heterocycles. The molecule has 23 heavy (non-hydrogen) atoms. The van der Waals surface area contributed by atoms with Crippen molar-refractivity contribution in [1.82, 2.24) is 10.2 Å². The Labute approximate surface area is 139 Å². The van der Waals surface area contributed by atoms with E-state index in [0.717, 1.165) is 57.9 Å². The van der Waals surface area contributed by atoms with Gasteiger partial charge in [0.15, 0.2) is 0 Å². The minimum absolute atomic E-state index is 0.175. The number of methoxy groups -OCH3 is 1. The van der Waals surface area contributed by atoms with E-state index in [9.17, 15) is 4.79 Å². The summed E-state index contributed by atoms with van der Waals surface area (Å²) in [4.78, 5) is 16.3. The maximum Gasteiger partial charge on any atom is 0.219 e. The van der Waals surface area contributed by atoms with Crippen LogP contribution in [0.15, 0.2) is 24.3 Å². The maximum atomic E-state index is 11.4. The molecule has 1 fully saturated rings. The number of carbonyl (C=O) groups is 1. The van der Waals surface area contributed by atoms with Gasteiger partial charge < -0.3 is 15.0 Å². The van der Waals surface area contributed by atoms with Gasteiger partial charge in [-0.2, -0.15) is 0 Å². The highest BCUT2D eigenvalue weighted by atomic mass is 16.5. The van der Waals surface area contributed by atoms with Crippen molar-refractivity contribution >= 4 is 11.6 Å². The van der Waals surface area contributed by atoms with Gasteiger partial charge in [-0.3, -0.25) is 9.69 Å². The molecule has 1 aromatic rings. The summed E-state index contributed by atoms with van der Waals surface area (Å²) in [6.07, 6.45) is 2.57. The standard InChI is InChI=1S/C18H29N3O2/c1-3-7-18(22)19-10-6-11-20-12-14-21(15-13-20)16-8-4-5-9-17(16)23-2/h4-5,8-9H,3,6-7,10-15H2,1-2H3,(H,19,22). The second-order valence-corrected chi connectivity index (χ2v) is 5.95. The van der Waals surface area contributed by atoms with Crippen LogP contribution >= 0.6 is 0 Å². The second kappa shape index (κ2) is 9.40. The molecule has 1 saturated heterocycles. The molecule has 1 aliphatic rings. The lowest BCUT2D eigenvalue weighted by atomic mass is 10.2. The number of nitrogens with one attached hydrogen (secondary N) is 1. The Hall–Kier alpha value is -1.75. The van der Waals surface area contributed by atoms with Gasteiger partial charge in [0.2, 0.25) is 5.91 Å². The van der Waals surface area contributed by atoms with Crippen molar-refractivity contribution in [2.24, 2.45) is 0 Å². The lowest BCUT2D eigenvalue weighted by Crippen LogP contribution is -2.47. The number of benzene rings is 1. The number of ether oxygens (including phenoxy) is 1. The zero-order valence-electron chi connectivity index (χ0n) is 14.4. The molecule has 0 radical (unpaired) electrons. The Kier molecular flexibility index (Phi) is 7.20. The van der Waals surface area contributed by atoms with Crippen LogP contribution in [0.2, 0.25) is 0 Å². The molecule has 0 atom stereocenters. The normalized spacial score (nSPS) is 15.5. The number of hydrogen-bond acceptors (Lipinski definition) is 4. The second-order valence-electron chi connectivity index (χ2n) is 5.95. The monoisotopic (exact) mass is 319 g/mol. The first-order chi connectivity index (χ1) is 11.2. The molecule has 0 saturated carbocycles. The van der Waals surface area contributed by atoms with Gasteiger partial charge in [0, 0.05) is 39.1 Å². The summed E-state index contributed by atoms with van der Waals surface area (Å²) in [6.45, 7) is 8.01. The van der Waals surface area contributed by atoms with Crippen molar-refractivity contribution in [3.05, 3.63) is 24.3 Å². The molecule has 1 aliphatic heterocycles. The Morgan fingerprint density at radius 1 is 1.22 bits per heavy atom. The molecule has 5 nitrogen and oxygen atoms in total. The zero-order chi connectivity index (χ0) is 16.5. The van der Waals surface area contributed by atoms with Crippen molar-refractivity contribution < 1.29 is 9.53 Å². The molecular weight excluding hydrogens is 290 g/mol. The third-order valence-electron chi connectivity index (χ3n) is 4.25. The van der Waals surface area contributed by atoms with Crippen LogP contribution in [0.25, 0.3) is 0 Å². The highest BCUT2D eigenvalue weighted by molar-refractivity contribution is 5.75. The Morgan fingerprint density at radius 3 is 2.65 bits per heavy atom. The number of piperazine rings is 1. The van der Waals surface area contributed by atoms with Gasteiger partial charge in [-0.1, -0.05) is 19.1 Å². The van der Waals surface area contributed by atoms with Gasteiger partial charge >= 0.3 is 0 Å². The van der Waals surface area contributed by atoms with E-state index in [1.54, 1.807) is 7.11 Å². The van der Waals surface area contributed by atoms with E-state index >= 15 is 0 Å². The minimum Gasteiger partial charge on any atom is -0.495 e. The molecule has 5 heteroatoms. The van der Waals surface area contributed by atoms with Crippen molar-refractivity contribution in [2.75, 3.05) is 51.3 Å². The predicted molar refractivity (Wildman–Crippen MR) is 94.2 cm³/mol. The number of nitrogens with zero attached hydrogens (tertiary/aromatic N) is 2. The molecule has 0 spiro atoms. The van der Waals surface area contributed by atoms with Crippen LogP contribution in [-0.2, 0) is 4.79 Å². The number of hydrogen-bond donors (Lipinski definition) is 1. The third kappa shape index (κ3) is 5.43. The fourth-order valence-electron chi connectivity index (χ4n) is 2.95. The molecule has 0 aliphatic carbocycles. The third-order valence-corrected chi connectivity index (χ3v) is 4.25. The lowest BCUT2D eigenvalue weighted by Gasteiger charge is -2.36. The first-order valence-electron chi connectivity index (χ1n) is 8.61. The number of para-hydroxylation sites is 2. The van der Waals surface area contributed by atoms with E-state index in [0.29, 0.717) is 6.42 Å². The maximum absolute atomic E-state index is 11.4. The Morgan fingerprint density at radius 2 is 1.96 bits per heavy atom. The molecule has 1 aromatic carbocycles. The number of carbonyl (C=O) groups excluding carboxylic acids is 1. The summed E-state index contributed by atoms with van der Waals surface area (Å²) < 4.78 is 5.45. The van der Waals surface area contributed by atoms with Crippen LogP contribution in [0.3, 0.4) is 0 Å². The van der Waals surface area contributed by atoms with Crippen LogP contribution in [0, 0.1) is 0 Å². The van der Waals surface area contributed by atoms with E-state index in [2.05, 4.69) is 27.2 Å². The zero-order valence-corrected chi connectivity index (χ0v) is 14.4. The first kappa shape index (κ1) is 17.6. The quantitative estimate of drug-likeness (QED) is 0.746. The minimum atomic E-state index is 0.175. The van der Waals surface area contributed by atoms with E-state index < -0.39 is 0 Å². The summed E-state index contributed by atoms with van der Waals surface area (Å²) in [5, 5.41) is 2.98. The van der Waals surface area contributed by atoms with Crippen LogP contribution in [0.5, 0.6) is 5.75 Å². The van der Waals surface area contributed by atoms with Crippen LogP contribution in [-0.4, -0.2) is 57.2 Å². The summed E-state index contributed by atoms with van der Waals surface area (Å²) in [6, 6.07) is 8.20. The van der Waals surface area contributed by atoms with Gasteiger partial charge in [-0.05, 0) is 31.5 Å². The van der Waals surface area contributed by atoms with Gasteiger partial charge in [0.05, 0.1) is 12.8 Å². The number of amides is 1. The van der Waals surface area contributed by atoms with Crippen molar-refractivity contribution in [2.45, 2.75) is 26.2 Å². The summed E-state index contributed by atoms with van der Waals surface area (Å²) >= 11 is 0. The largest absolute Gasteiger partial charge is 0.495 e.